The minimum Gasteiger partial charge on any atom is -0.490 e. The maximum atomic E-state index is 10.2. The molecule has 2 N–H and O–H groups in total. The van der Waals surface area contributed by atoms with Crippen molar-refractivity contribution in [1.29, 1.82) is 0 Å². The molecule has 29 heavy (non-hydrogen) atoms. The van der Waals surface area contributed by atoms with Crippen molar-refractivity contribution >= 4 is 10.8 Å². The van der Waals surface area contributed by atoms with E-state index in [1.165, 1.54) is 0 Å². The molecule has 2 aromatic carbocycles. The SMILES string of the molecule is CCCCCC(O)COc1cc(C)c(OCC(O)CCCCC)c2ccccc12. The van der Waals surface area contributed by atoms with E-state index >= 15 is 0 Å². The van der Waals surface area contributed by atoms with E-state index in [1.54, 1.807) is 0 Å². The summed E-state index contributed by atoms with van der Waals surface area (Å²) in [5.74, 6) is 1.56. The number of benzene rings is 2. The van der Waals surface area contributed by atoms with Gasteiger partial charge < -0.3 is 19.7 Å². The standard InChI is InChI=1S/C25H38O4/c1-4-6-8-12-20(26)17-28-24-16-19(3)25(23-15-11-10-14-22(23)24)29-18-21(27)13-9-7-5-2/h10-11,14-16,20-21,26-27H,4-9,12-13,17-18H2,1-3H3. The molecule has 2 rings (SSSR count). The Labute approximate surface area is 175 Å². The van der Waals surface area contributed by atoms with Crippen LogP contribution in [0.5, 0.6) is 11.5 Å². The number of hydrogen-bond acceptors (Lipinski definition) is 4. The first-order chi connectivity index (χ1) is 14.1. The second kappa shape index (κ2) is 12.7. The lowest BCUT2D eigenvalue weighted by Gasteiger charge is -2.19. The molecule has 0 aliphatic carbocycles. The fourth-order valence-electron chi connectivity index (χ4n) is 3.55. The van der Waals surface area contributed by atoms with Gasteiger partial charge in [-0.2, -0.15) is 0 Å². The van der Waals surface area contributed by atoms with Crippen LogP contribution in [-0.4, -0.2) is 35.6 Å². The summed E-state index contributed by atoms with van der Waals surface area (Å²) >= 11 is 0. The molecule has 162 valence electrons. The normalized spacial score (nSPS) is 13.4. The number of fused-ring (bicyclic) bond motifs is 1. The highest BCUT2D eigenvalue weighted by Gasteiger charge is 2.15. The molecule has 2 atom stereocenters. The summed E-state index contributed by atoms with van der Waals surface area (Å²) in [4.78, 5) is 0. The van der Waals surface area contributed by atoms with Gasteiger partial charge in [0.2, 0.25) is 0 Å². The molecule has 0 radical (unpaired) electrons. The summed E-state index contributed by atoms with van der Waals surface area (Å²) in [5.41, 5.74) is 0.972. The zero-order chi connectivity index (χ0) is 21.1. The first-order valence-electron chi connectivity index (χ1n) is 11.2. The Morgan fingerprint density at radius 2 is 1.34 bits per heavy atom. The fourth-order valence-corrected chi connectivity index (χ4v) is 3.55. The molecule has 0 aliphatic heterocycles. The van der Waals surface area contributed by atoms with Crippen LogP contribution in [0.2, 0.25) is 0 Å². The Balaban J connectivity index is 2.07. The third-order valence-corrected chi connectivity index (χ3v) is 5.28. The average molecular weight is 403 g/mol. The number of aryl methyl sites for hydroxylation is 1. The molecule has 0 amide bonds. The molecule has 2 unspecified atom stereocenters. The zero-order valence-electron chi connectivity index (χ0n) is 18.3. The summed E-state index contributed by atoms with van der Waals surface area (Å²) in [6.45, 7) is 6.90. The van der Waals surface area contributed by atoms with Crippen LogP contribution < -0.4 is 9.47 Å². The van der Waals surface area contributed by atoms with Crippen molar-refractivity contribution in [3.05, 3.63) is 35.9 Å². The van der Waals surface area contributed by atoms with Gasteiger partial charge in [0.1, 0.15) is 24.7 Å². The molecule has 4 nitrogen and oxygen atoms in total. The van der Waals surface area contributed by atoms with E-state index in [0.29, 0.717) is 13.2 Å². The van der Waals surface area contributed by atoms with E-state index in [1.807, 2.05) is 37.3 Å². The number of hydrogen-bond donors (Lipinski definition) is 2. The lowest BCUT2D eigenvalue weighted by molar-refractivity contribution is 0.0966. The van der Waals surface area contributed by atoms with E-state index in [-0.39, 0.29) is 0 Å². The summed E-state index contributed by atoms with van der Waals surface area (Å²) in [5, 5.41) is 22.3. The summed E-state index contributed by atoms with van der Waals surface area (Å²) < 4.78 is 12.0. The van der Waals surface area contributed by atoms with Gasteiger partial charge in [0.15, 0.2) is 0 Å². The molecule has 2 aromatic rings. The molecule has 0 bridgehead atoms. The average Bonchev–Trinajstić information content (AvgIpc) is 2.72. The molecule has 0 saturated heterocycles. The quantitative estimate of drug-likeness (QED) is 0.393. The first kappa shape index (κ1) is 23.5. The van der Waals surface area contributed by atoms with Crippen molar-refractivity contribution in [2.75, 3.05) is 13.2 Å². The Morgan fingerprint density at radius 1 is 0.793 bits per heavy atom. The predicted octanol–water partition coefficient (Wildman–Crippen LogP) is 5.79. The summed E-state index contributed by atoms with van der Waals surface area (Å²) in [7, 11) is 0. The number of ether oxygens (including phenoxy) is 2. The molecule has 0 spiro atoms. The Bertz CT molecular complexity index is 728. The van der Waals surface area contributed by atoms with Gasteiger partial charge >= 0.3 is 0 Å². The highest BCUT2D eigenvalue weighted by atomic mass is 16.5. The predicted molar refractivity (Wildman–Crippen MR) is 120 cm³/mol. The van der Waals surface area contributed by atoms with Crippen molar-refractivity contribution in [1.82, 2.24) is 0 Å². The maximum Gasteiger partial charge on any atom is 0.130 e. The lowest BCUT2D eigenvalue weighted by atomic mass is 10.0. The lowest BCUT2D eigenvalue weighted by Crippen LogP contribution is -2.18. The van der Waals surface area contributed by atoms with Crippen molar-refractivity contribution in [3.63, 3.8) is 0 Å². The minimum absolute atomic E-state index is 0.295. The van der Waals surface area contributed by atoms with E-state index < -0.39 is 12.2 Å². The Morgan fingerprint density at radius 3 is 1.93 bits per heavy atom. The van der Waals surface area contributed by atoms with Gasteiger partial charge in [-0.05, 0) is 31.4 Å². The van der Waals surface area contributed by atoms with Crippen LogP contribution >= 0.6 is 0 Å². The van der Waals surface area contributed by atoms with Crippen molar-refractivity contribution < 1.29 is 19.7 Å². The number of rotatable bonds is 14. The number of aliphatic hydroxyl groups excluding tert-OH is 2. The number of unbranched alkanes of at least 4 members (excludes halogenated alkanes) is 4. The Hall–Kier alpha value is -1.78. The van der Waals surface area contributed by atoms with Gasteiger partial charge in [-0.1, -0.05) is 76.6 Å². The van der Waals surface area contributed by atoms with Crippen LogP contribution in [0.4, 0.5) is 0 Å². The van der Waals surface area contributed by atoms with E-state index in [2.05, 4.69) is 13.8 Å². The Kier molecular flexibility index (Phi) is 10.3. The summed E-state index contributed by atoms with van der Waals surface area (Å²) in [6, 6.07) is 9.96. The largest absolute Gasteiger partial charge is 0.490 e. The van der Waals surface area contributed by atoms with Crippen LogP contribution in [0.15, 0.2) is 30.3 Å². The highest BCUT2D eigenvalue weighted by Crippen LogP contribution is 2.36. The van der Waals surface area contributed by atoms with Gasteiger partial charge in [-0.25, -0.2) is 0 Å². The second-order valence-electron chi connectivity index (χ2n) is 7.99. The molecular formula is C25H38O4. The molecule has 0 saturated carbocycles. The van der Waals surface area contributed by atoms with Crippen molar-refractivity contribution in [3.8, 4) is 11.5 Å². The van der Waals surface area contributed by atoms with Gasteiger partial charge in [0.25, 0.3) is 0 Å². The van der Waals surface area contributed by atoms with E-state index in [4.69, 9.17) is 9.47 Å². The maximum absolute atomic E-state index is 10.2. The number of aliphatic hydroxyl groups is 2. The van der Waals surface area contributed by atoms with Crippen molar-refractivity contribution in [2.24, 2.45) is 0 Å². The van der Waals surface area contributed by atoms with Gasteiger partial charge in [-0.3, -0.25) is 0 Å². The van der Waals surface area contributed by atoms with Crippen LogP contribution in [-0.2, 0) is 0 Å². The smallest absolute Gasteiger partial charge is 0.130 e. The molecule has 0 aromatic heterocycles. The molecule has 4 heteroatoms. The zero-order valence-corrected chi connectivity index (χ0v) is 18.3. The highest BCUT2D eigenvalue weighted by molar-refractivity contribution is 5.94. The van der Waals surface area contributed by atoms with Gasteiger partial charge in [0, 0.05) is 10.8 Å². The van der Waals surface area contributed by atoms with E-state index in [0.717, 1.165) is 79.2 Å². The first-order valence-corrected chi connectivity index (χ1v) is 11.2. The molecule has 0 aliphatic rings. The third-order valence-electron chi connectivity index (χ3n) is 5.28. The second-order valence-corrected chi connectivity index (χ2v) is 7.99. The van der Waals surface area contributed by atoms with Crippen LogP contribution in [0.1, 0.15) is 70.8 Å². The third kappa shape index (κ3) is 7.52. The molecule has 0 fully saturated rings. The topological polar surface area (TPSA) is 58.9 Å². The molecular weight excluding hydrogens is 364 g/mol. The molecule has 0 heterocycles. The minimum atomic E-state index is -0.450. The van der Waals surface area contributed by atoms with Gasteiger partial charge in [-0.15, -0.1) is 0 Å². The summed E-state index contributed by atoms with van der Waals surface area (Å²) in [6.07, 6.45) is 7.23. The fraction of sp³-hybridized carbons (Fsp3) is 0.600. The van der Waals surface area contributed by atoms with Crippen molar-refractivity contribution in [2.45, 2.75) is 84.3 Å². The van der Waals surface area contributed by atoms with Crippen LogP contribution in [0, 0.1) is 6.92 Å². The van der Waals surface area contributed by atoms with Crippen LogP contribution in [0.25, 0.3) is 10.8 Å². The van der Waals surface area contributed by atoms with E-state index in [9.17, 15) is 10.2 Å². The van der Waals surface area contributed by atoms with Crippen LogP contribution in [0.3, 0.4) is 0 Å². The van der Waals surface area contributed by atoms with Gasteiger partial charge in [0.05, 0.1) is 12.2 Å². The monoisotopic (exact) mass is 402 g/mol.